The van der Waals surface area contributed by atoms with Gasteiger partial charge in [0.2, 0.25) is 0 Å². The summed E-state index contributed by atoms with van der Waals surface area (Å²) in [6.45, 7) is 11.0. The molecule has 1 N–H and O–H groups in total. The lowest BCUT2D eigenvalue weighted by Gasteiger charge is -2.28. The van der Waals surface area contributed by atoms with Crippen LogP contribution in [0.5, 0.6) is 0 Å². The third-order valence-electron chi connectivity index (χ3n) is 6.58. The Balaban J connectivity index is 1.62. The van der Waals surface area contributed by atoms with Gasteiger partial charge >= 0.3 is 0 Å². The molecule has 176 valence electrons. The van der Waals surface area contributed by atoms with Crippen LogP contribution in [0.4, 0.5) is 4.39 Å². The van der Waals surface area contributed by atoms with Crippen molar-refractivity contribution in [1.82, 2.24) is 19.6 Å². The molecule has 6 heteroatoms. The van der Waals surface area contributed by atoms with Gasteiger partial charge in [0.15, 0.2) is 0 Å². The number of rotatable bonds is 9. The number of halogens is 1. The Morgan fingerprint density at radius 3 is 2.48 bits per heavy atom. The first-order valence-corrected chi connectivity index (χ1v) is 12.0. The summed E-state index contributed by atoms with van der Waals surface area (Å²) in [5, 5.41) is 15.3. The molecule has 1 aliphatic heterocycles. The Hall–Kier alpha value is -2.54. The Bertz CT molecular complexity index is 1050. The highest BCUT2D eigenvalue weighted by molar-refractivity contribution is 5.40. The first-order chi connectivity index (χ1) is 16.0. The highest BCUT2D eigenvalue weighted by Crippen LogP contribution is 2.27. The maximum Gasteiger partial charge on any atom is 0.123 e. The molecule has 4 rings (SSSR count). The second-order valence-electron chi connectivity index (χ2n) is 9.10. The lowest BCUT2D eigenvalue weighted by atomic mass is 10.0. The third kappa shape index (κ3) is 5.69. The Labute approximate surface area is 196 Å². The van der Waals surface area contributed by atoms with E-state index in [0.717, 1.165) is 62.5 Å². The minimum absolute atomic E-state index is 0.199. The zero-order chi connectivity index (χ0) is 23.4. The van der Waals surface area contributed by atoms with Gasteiger partial charge in [-0.3, -0.25) is 9.80 Å². The minimum atomic E-state index is -0.324. The van der Waals surface area contributed by atoms with Gasteiger partial charge in [0.1, 0.15) is 5.82 Å². The van der Waals surface area contributed by atoms with Gasteiger partial charge in [-0.05, 0) is 49.7 Å². The summed E-state index contributed by atoms with van der Waals surface area (Å²) < 4.78 is 15.4. The van der Waals surface area contributed by atoms with Crippen LogP contribution in [-0.2, 0) is 26.1 Å². The number of nitrogens with zero attached hydrogens (tertiary/aromatic N) is 4. The largest absolute Gasteiger partial charge is 0.392 e. The van der Waals surface area contributed by atoms with E-state index in [4.69, 9.17) is 5.10 Å². The summed E-state index contributed by atoms with van der Waals surface area (Å²) in [4.78, 5) is 4.69. The van der Waals surface area contributed by atoms with Gasteiger partial charge in [-0.2, -0.15) is 5.10 Å². The first kappa shape index (κ1) is 23.6. The highest BCUT2D eigenvalue weighted by atomic mass is 19.1. The van der Waals surface area contributed by atoms with Crippen molar-refractivity contribution < 1.29 is 9.50 Å². The third-order valence-corrected chi connectivity index (χ3v) is 6.58. The van der Waals surface area contributed by atoms with E-state index in [0.29, 0.717) is 6.54 Å². The van der Waals surface area contributed by atoms with E-state index in [-0.39, 0.29) is 11.9 Å². The molecule has 0 unspecified atom stereocenters. The van der Waals surface area contributed by atoms with E-state index in [1.54, 1.807) is 0 Å². The lowest BCUT2D eigenvalue weighted by Crippen LogP contribution is -2.33. The topological polar surface area (TPSA) is 44.5 Å². The van der Waals surface area contributed by atoms with E-state index in [1.807, 2.05) is 19.1 Å². The standard InChI is InChI=1S/C27H35FN4O/c1-4-24(33)17-30(5-2)19-26-25-18-31(16-21-8-10-22(28)11-9-21)15-14-27(25)32(29-26)23-12-6-20(3)7-13-23/h6-13,24,33H,4-5,14-19H2,1-3H3/t24-/m1/s1. The van der Waals surface area contributed by atoms with Crippen molar-refractivity contribution >= 4 is 0 Å². The molecule has 2 heterocycles. The zero-order valence-electron chi connectivity index (χ0n) is 20.0. The van der Waals surface area contributed by atoms with Gasteiger partial charge in [-0.1, -0.05) is 43.7 Å². The molecule has 3 aromatic rings. The fourth-order valence-electron chi connectivity index (χ4n) is 4.50. The monoisotopic (exact) mass is 450 g/mol. The molecule has 0 aliphatic carbocycles. The highest BCUT2D eigenvalue weighted by Gasteiger charge is 2.26. The first-order valence-electron chi connectivity index (χ1n) is 12.0. The van der Waals surface area contributed by atoms with E-state index in [1.165, 1.54) is 29.0 Å². The summed E-state index contributed by atoms with van der Waals surface area (Å²) in [6, 6.07) is 15.3. The molecule has 5 nitrogen and oxygen atoms in total. The Morgan fingerprint density at radius 1 is 1.09 bits per heavy atom. The van der Waals surface area contributed by atoms with Crippen molar-refractivity contribution in [3.63, 3.8) is 0 Å². The number of aliphatic hydroxyl groups excluding tert-OH is 1. The number of aryl methyl sites for hydroxylation is 1. The van der Waals surface area contributed by atoms with Crippen LogP contribution in [0.15, 0.2) is 48.5 Å². The quantitative estimate of drug-likeness (QED) is 0.522. The fraction of sp³-hybridized carbons (Fsp3) is 0.444. The summed E-state index contributed by atoms with van der Waals surface area (Å²) in [6.07, 6.45) is 1.34. The fourth-order valence-corrected chi connectivity index (χ4v) is 4.50. The molecule has 0 saturated carbocycles. The van der Waals surface area contributed by atoms with Crippen LogP contribution in [0.2, 0.25) is 0 Å². The number of likely N-dealkylation sites (N-methyl/N-ethyl adjacent to an activating group) is 1. The van der Waals surface area contributed by atoms with E-state index in [2.05, 4.69) is 52.6 Å². The average Bonchev–Trinajstić information content (AvgIpc) is 3.18. The van der Waals surface area contributed by atoms with Crippen molar-refractivity contribution in [1.29, 1.82) is 0 Å². The summed E-state index contributed by atoms with van der Waals surface area (Å²) in [5.41, 5.74) is 7.08. The Morgan fingerprint density at radius 2 is 1.82 bits per heavy atom. The van der Waals surface area contributed by atoms with Gasteiger partial charge in [0.05, 0.1) is 23.2 Å². The molecule has 1 aliphatic rings. The van der Waals surface area contributed by atoms with E-state index < -0.39 is 0 Å². The van der Waals surface area contributed by atoms with Gasteiger partial charge in [-0.15, -0.1) is 0 Å². The number of aliphatic hydroxyl groups is 1. The second kappa shape index (κ2) is 10.6. The van der Waals surface area contributed by atoms with Crippen LogP contribution < -0.4 is 0 Å². The van der Waals surface area contributed by atoms with Crippen molar-refractivity contribution in [3.8, 4) is 5.69 Å². The molecule has 2 aromatic carbocycles. The molecule has 1 aromatic heterocycles. The molecule has 0 amide bonds. The molecule has 0 spiro atoms. The Kier molecular flexibility index (Phi) is 7.58. The summed E-state index contributed by atoms with van der Waals surface area (Å²) in [7, 11) is 0. The zero-order valence-corrected chi connectivity index (χ0v) is 20.0. The molecule has 0 saturated heterocycles. The number of fused-ring (bicyclic) bond motifs is 1. The molecule has 0 bridgehead atoms. The normalized spacial score (nSPS) is 15.1. The van der Waals surface area contributed by atoms with Gasteiger partial charge in [0.25, 0.3) is 0 Å². The van der Waals surface area contributed by atoms with Gasteiger partial charge in [0, 0.05) is 44.7 Å². The average molecular weight is 451 g/mol. The molecular formula is C27H35FN4O. The number of hydrogen-bond donors (Lipinski definition) is 1. The van der Waals surface area contributed by atoms with E-state index in [9.17, 15) is 9.50 Å². The van der Waals surface area contributed by atoms with Crippen LogP contribution in [0, 0.1) is 12.7 Å². The number of benzene rings is 2. The van der Waals surface area contributed by atoms with Crippen molar-refractivity contribution in [2.75, 3.05) is 19.6 Å². The number of hydrogen-bond acceptors (Lipinski definition) is 4. The summed E-state index contributed by atoms with van der Waals surface area (Å²) in [5.74, 6) is -0.199. The summed E-state index contributed by atoms with van der Waals surface area (Å²) >= 11 is 0. The number of aromatic nitrogens is 2. The molecular weight excluding hydrogens is 415 g/mol. The van der Waals surface area contributed by atoms with Crippen molar-refractivity contribution in [2.24, 2.45) is 0 Å². The van der Waals surface area contributed by atoms with Crippen LogP contribution >= 0.6 is 0 Å². The van der Waals surface area contributed by atoms with Crippen LogP contribution in [0.3, 0.4) is 0 Å². The van der Waals surface area contributed by atoms with Crippen LogP contribution in [0.25, 0.3) is 5.69 Å². The van der Waals surface area contributed by atoms with Gasteiger partial charge in [-0.25, -0.2) is 9.07 Å². The maximum absolute atomic E-state index is 13.3. The smallest absolute Gasteiger partial charge is 0.123 e. The predicted molar refractivity (Wildman–Crippen MR) is 130 cm³/mol. The predicted octanol–water partition coefficient (Wildman–Crippen LogP) is 4.47. The lowest BCUT2D eigenvalue weighted by molar-refractivity contribution is 0.107. The second-order valence-corrected chi connectivity index (χ2v) is 9.10. The van der Waals surface area contributed by atoms with Crippen LogP contribution in [0.1, 0.15) is 48.3 Å². The molecule has 0 radical (unpaired) electrons. The van der Waals surface area contributed by atoms with Gasteiger partial charge < -0.3 is 5.11 Å². The van der Waals surface area contributed by atoms with Crippen molar-refractivity contribution in [2.45, 2.75) is 59.4 Å². The minimum Gasteiger partial charge on any atom is -0.392 e. The van der Waals surface area contributed by atoms with E-state index >= 15 is 0 Å². The van der Waals surface area contributed by atoms with Crippen LogP contribution in [-0.4, -0.2) is 50.4 Å². The van der Waals surface area contributed by atoms with Crippen molar-refractivity contribution in [3.05, 3.63) is 82.4 Å². The SMILES string of the molecule is CC[C@@H](O)CN(CC)Cc1nn(-c2ccc(C)cc2)c2c1CN(Cc1ccc(F)cc1)CC2. The maximum atomic E-state index is 13.3. The molecule has 33 heavy (non-hydrogen) atoms. The molecule has 0 fully saturated rings. The molecule has 1 atom stereocenters.